The molecule has 0 atom stereocenters. The highest BCUT2D eigenvalue weighted by Crippen LogP contribution is 2.15. The van der Waals surface area contributed by atoms with Gasteiger partial charge in [-0.1, -0.05) is 35.9 Å². The highest BCUT2D eigenvalue weighted by Gasteiger charge is 2.11. The standard InChI is InChI=1S/C22H18ClN3O4/c23-16-5-4-8-19(13-16)24-20(27)14-30-21(28)15-9-11-18(12-10-15)26-22(29)25-17-6-2-1-3-7-17/h1-13H,14H2,(H,24,27)(H2,25,26,29). The summed E-state index contributed by atoms with van der Waals surface area (Å²) in [7, 11) is 0. The summed E-state index contributed by atoms with van der Waals surface area (Å²) < 4.78 is 5.01. The molecule has 0 unspecified atom stereocenters. The van der Waals surface area contributed by atoms with Crippen molar-refractivity contribution in [3.8, 4) is 0 Å². The fourth-order valence-corrected chi connectivity index (χ4v) is 2.67. The molecule has 0 saturated heterocycles. The lowest BCUT2D eigenvalue weighted by atomic mass is 10.2. The van der Waals surface area contributed by atoms with Gasteiger partial charge in [-0.15, -0.1) is 0 Å². The molecule has 3 rings (SSSR count). The van der Waals surface area contributed by atoms with Crippen LogP contribution in [0.2, 0.25) is 5.02 Å². The zero-order valence-corrected chi connectivity index (χ0v) is 16.5. The number of halogens is 1. The number of para-hydroxylation sites is 1. The van der Waals surface area contributed by atoms with E-state index in [2.05, 4.69) is 16.0 Å². The Kier molecular flexibility index (Phi) is 7.02. The van der Waals surface area contributed by atoms with E-state index in [1.165, 1.54) is 12.1 Å². The third-order valence-electron chi connectivity index (χ3n) is 3.85. The highest BCUT2D eigenvalue weighted by atomic mass is 35.5. The molecule has 0 heterocycles. The lowest BCUT2D eigenvalue weighted by molar-refractivity contribution is -0.119. The van der Waals surface area contributed by atoms with Gasteiger partial charge in [-0.05, 0) is 54.6 Å². The fraction of sp³-hybridized carbons (Fsp3) is 0.0455. The summed E-state index contributed by atoms with van der Waals surface area (Å²) in [5, 5.41) is 8.42. The molecule has 0 bridgehead atoms. The molecule has 0 aliphatic carbocycles. The molecule has 8 heteroatoms. The largest absolute Gasteiger partial charge is 0.452 e. The van der Waals surface area contributed by atoms with E-state index in [1.54, 1.807) is 48.5 Å². The second-order valence-electron chi connectivity index (χ2n) is 6.16. The monoisotopic (exact) mass is 423 g/mol. The molecule has 7 nitrogen and oxygen atoms in total. The van der Waals surface area contributed by atoms with Gasteiger partial charge in [-0.2, -0.15) is 0 Å². The summed E-state index contributed by atoms with van der Waals surface area (Å²) in [5.41, 5.74) is 1.91. The van der Waals surface area contributed by atoms with Crippen molar-refractivity contribution in [3.05, 3.63) is 89.4 Å². The van der Waals surface area contributed by atoms with Gasteiger partial charge < -0.3 is 20.7 Å². The van der Waals surface area contributed by atoms with Gasteiger partial charge in [-0.3, -0.25) is 4.79 Å². The third-order valence-corrected chi connectivity index (χ3v) is 4.09. The molecular formula is C22H18ClN3O4. The predicted molar refractivity (Wildman–Crippen MR) is 116 cm³/mol. The van der Waals surface area contributed by atoms with Crippen LogP contribution in [0.15, 0.2) is 78.9 Å². The van der Waals surface area contributed by atoms with E-state index >= 15 is 0 Å². The molecular weight excluding hydrogens is 406 g/mol. The zero-order chi connectivity index (χ0) is 21.3. The Labute approximate surface area is 178 Å². The van der Waals surface area contributed by atoms with Gasteiger partial charge in [-0.25, -0.2) is 9.59 Å². The van der Waals surface area contributed by atoms with E-state index in [4.69, 9.17) is 16.3 Å². The van der Waals surface area contributed by atoms with Crippen molar-refractivity contribution in [2.45, 2.75) is 0 Å². The van der Waals surface area contributed by atoms with Crippen LogP contribution >= 0.6 is 11.6 Å². The van der Waals surface area contributed by atoms with E-state index in [0.29, 0.717) is 22.1 Å². The molecule has 0 aliphatic rings. The first-order valence-corrected chi connectivity index (χ1v) is 9.33. The van der Waals surface area contributed by atoms with Gasteiger partial charge in [0.15, 0.2) is 6.61 Å². The van der Waals surface area contributed by atoms with Crippen LogP contribution in [-0.4, -0.2) is 24.5 Å². The smallest absolute Gasteiger partial charge is 0.338 e. The maximum absolute atomic E-state index is 12.1. The van der Waals surface area contributed by atoms with Crippen LogP contribution in [0, 0.1) is 0 Å². The number of carbonyl (C=O) groups is 3. The van der Waals surface area contributed by atoms with E-state index in [1.807, 2.05) is 18.2 Å². The minimum Gasteiger partial charge on any atom is -0.452 e. The number of urea groups is 1. The lowest BCUT2D eigenvalue weighted by Gasteiger charge is -2.09. The van der Waals surface area contributed by atoms with Crippen molar-refractivity contribution in [2.24, 2.45) is 0 Å². The lowest BCUT2D eigenvalue weighted by Crippen LogP contribution is -2.21. The first-order valence-electron chi connectivity index (χ1n) is 8.95. The van der Waals surface area contributed by atoms with Gasteiger partial charge in [0.1, 0.15) is 0 Å². The number of benzene rings is 3. The van der Waals surface area contributed by atoms with Crippen molar-refractivity contribution in [1.29, 1.82) is 0 Å². The Bertz CT molecular complexity index is 1040. The number of anilines is 3. The fourth-order valence-electron chi connectivity index (χ4n) is 2.48. The first-order chi connectivity index (χ1) is 14.5. The summed E-state index contributed by atoms with van der Waals surface area (Å²) in [5.74, 6) is -1.14. The molecule has 0 fully saturated rings. The topological polar surface area (TPSA) is 96.5 Å². The molecule has 3 aromatic rings. The molecule has 0 spiro atoms. The second-order valence-corrected chi connectivity index (χ2v) is 6.59. The Hall–Kier alpha value is -3.84. The van der Waals surface area contributed by atoms with Crippen molar-refractivity contribution in [2.75, 3.05) is 22.6 Å². The van der Waals surface area contributed by atoms with Crippen LogP contribution in [0.1, 0.15) is 10.4 Å². The number of hydrogen-bond acceptors (Lipinski definition) is 4. The van der Waals surface area contributed by atoms with Crippen LogP contribution in [0.25, 0.3) is 0 Å². The van der Waals surface area contributed by atoms with E-state index in [0.717, 1.165) is 0 Å². The summed E-state index contributed by atoms with van der Waals surface area (Å²) >= 11 is 5.85. The average molecular weight is 424 g/mol. The number of rotatable bonds is 6. The molecule has 0 saturated carbocycles. The van der Waals surface area contributed by atoms with Crippen LogP contribution in [0.4, 0.5) is 21.9 Å². The molecule has 0 aromatic heterocycles. The summed E-state index contributed by atoms with van der Waals surface area (Å²) in [6.07, 6.45) is 0. The number of esters is 1. The minimum atomic E-state index is -0.656. The average Bonchev–Trinajstić information content (AvgIpc) is 2.73. The van der Waals surface area contributed by atoms with Crippen LogP contribution < -0.4 is 16.0 Å². The quantitative estimate of drug-likeness (QED) is 0.497. The summed E-state index contributed by atoms with van der Waals surface area (Å²) in [6.45, 7) is -0.440. The second kappa shape index (κ2) is 10.1. The summed E-state index contributed by atoms with van der Waals surface area (Å²) in [6, 6.07) is 21.3. The molecule has 0 radical (unpaired) electrons. The summed E-state index contributed by atoms with van der Waals surface area (Å²) in [4.78, 5) is 36.0. The maximum atomic E-state index is 12.1. The number of carbonyl (C=O) groups excluding carboxylic acids is 3. The number of ether oxygens (including phenoxy) is 1. The third kappa shape index (κ3) is 6.35. The van der Waals surface area contributed by atoms with Gasteiger partial charge in [0.25, 0.3) is 5.91 Å². The van der Waals surface area contributed by atoms with E-state index < -0.39 is 24.5 Å². The Morgan fingerprint density at radius 3 is 2.03 bits per heavy atom. The van der Waals surface area contributed by atoms with E-state index in [-0.39, 0.29) is 5.56 Å². The van der Waals surface area contributed by atoms with Crippen molar-refractivity contribution in [3.63, 3.8) is 0 Å². The Morgan fingerprint density at radius 2 is 1.37 bits per heavy atom. The van der Waals surface area contributed by atoms with Crippen molar-refractivity contribution in [1.82, 2.24) is 0 Å². The van der Waals surface area contributed by atoms with E-state index in [9.17, 15) is 14.4 Å². The first kappa shape index (κ1) is 20.9. The normalized spacial score (nSPS) is 10.0. The highest BCUT2D eigenvalue weighted by molar-refractivity contribution is 6.30. The Balaban J connectivity index is 1.47. The predicted octanol–water partition coefficient (Wildman–Crippen LogP) is 4.78. The minimum absolute atomic E-state index is 0.250. The number of amides is 3. The van der Waals surface area contributed by atoms with Crippen LogP contribution in [0.5, 0.6) is 0 Å². The van der Waals surface area contributed by atoms with Gasteiger partial charge in [0.05, 0.1) is 5.56 Å². The van der Waals surface area contributed by atoms with Gasteiger partial charge in [0.2, 0.25) is 0 Å². The van der Waals surface area contributed by atoms with Crippen LogP contribution in [-0.2, 0) is 9.53 Å². The molecule has 152 valence electrons. The molecule has 0 aliphatic heterocycles. The zero-order valence-electron chi connectivity index (χ0n) is 15.7. The molecule has 3 aromatic carbocycles. The van der Waals surface area contributed by atoms with Crippen LogP contribution in [0.3, 0.4) is 0 Å². The van der Waals surface area contributed by atoms with Crippen molar-refractivity contribution < 1.29 is 19.1 Å². The molecule has 30 heavy (non-hydrogen) atoms. The van der Waals surface area contributed by atoms with Crippen molar-refractivity contribution >= 4 is 46.6 Å². The number of hydrogen-bond donors (Lipinski definition) is 3. The SMILES string of the molecule is O=C(COC(=O)c1ccc(NC(=O)Nc2ccccc2)cc1)Nc1cccc(Cl)c1. The molecule has 3 amide bonds. The van der Waals surface area contributed by atoms with Gasteiger partial charge >= 0.3 is 12.0 Å². The van der Waals surface area contributed by atoms with Gasteiger partial charge in [0, 0.05) is 22.1 Å². The Morgan fingerprint density at radius 1 is 0.733 bits per heavy atom. The maximum Gasteiger partial charge on any atom is 0.338 e. The number of nitrogens with one attached hydrogen (secondary N) is 3. The molecule has 3 N–H and O–H groups in total.